The Morgan fingerprint density at radius 1 is 1.39 bits per heavy atom. The zero-order valence-electron chi connectivity index (χ0n) is 11.6. The Morgan fingerprint density at radius 2 is 2.00 bits per heavy atom. The molecule has 0 saturated carbocycles. The van der Waals surface area contributed by atoms with E-state index < -0.39 is 9.84 Å². The lowest BCUT2D eigenvalue weighted by Gasteiger charge is -2.22. The summed E-state index contributed by atoms with van der Waals surface area (Å²) in [6, 6.07) is -0.131. The second kappa shape index (κ2) is 6.02. The van der Waals surface area contributed by atoms with Crippen molar-refractivity contribution < 1.29 is 13.2 Å². The minimum absolute atomic E-state index is 0.0458. The van der Waals surface area contributed by atoms with Crippen molar-refractivity contribution in [3.05, 3.63) is 0 Å². The van der Waals surface area contributed by atoms with E-state index in [0.717, 1.165) is 6.42 Å². The summed E-state index contributed by atoms with van der Waals surface area (Å²) < 4.78 is 22.2. The van der Waals surface area contributed by atoms with Crippen LogP contribution in [0.4, 0.5) is 0 Å². The number of nitrogens with one attached hydrogen (secondary N) is 1. The van der Waals surface area contributed by atoms with E-state index in [0.29, 0.717) is 13.0 Å². The lowest BCUT2D eigenvalue weighted by atomic mass is 10.1. The van der Waals surface area contributed by atoms with Gasteiger partial charge in [-0.2, -0.15) is 0 Å². The van der Waals surface area contributed by atoms with Gasteiger partial charge in [0, 0.05) is 12.8 Å². The van der Waals surface area contributed by atoms with Crippen LogP contribution in [0.2, 0.25) is 0 Å². The van der Waals surface area contributed by atoms with Crippen LogP contribution >= 0.6 is 0 Å². The molecule has 5 nitrogen and oxygen atoms in total. The molecule has 18 heavy (non-hydrogen) atoms. The molecule has 1 rings (SSSR count). The van der Waals surface area contributed by atoms with E-state index in [1.54, 1.807) is 4.90 Å². The van der Waals surface area contributed by atoms with Crippen LogP contribution in [0.25, 0.3) is 0 Å². The van der Waals surface area contributed by atoms with Crippen molar-refractivity contribution in [2.75, 3.05) is 18.6 Å². The van der Waals surface area contributed by atoms with Gasteiger partial charge in [0.2, 0.25) is 5.91 Å². The molecule has 1 aliphatic heterocycles. The molecule has 2 unspecified atom stereocenters. The Balaban J connectivity index is 2.60. The van der Waals surface area contributed by atoms with E-state index >= 15 is 0 Å². The number of carbonyl (C=O) groups is 1. The van der Waals surface area contributed by atoms with Crippen LogP contribution in [0, 0.1) is 5.92 Å². The first-order valence-electron chi connectivity index (χ1n) is 6.50. The normalized spacial score (nSPS) is 25.2. The second-order valence-corrected chi connectivity index (χ2v) is 7.59. The summed E-state index contributed by atoms with van der Waals surface area (Å²) in [5.74, 6) is 0.497. The van der Waals surface area contributed by atoms with E-state index in [1.165, 1.54) is 6.26 Å². The van der Waals surface area contributed by atoms with Gasteiger partial charge in [0.25, 0.3) is 0 Å². The Hall–Kier alpha value is -0.620. The van der Waals surface area contributed by atoms with E-state index in [9.17, 15) is 13.2 Å². The molecule has 2 atom stereocenters. The molecule has 1 N–H and O–H groups in total. The minimum atomic E-state index is -2.95. The van der Waals surface area contributed by atoms with Crippen molar-refractivity contribution in [3.63, 3.8) is 0 Å². The van der Waals surface area contributed by atoms with Gasteiger partial charge in [-0.1, -0.05) is 20.8 Å². The number of nitrogens with zero attached hydrogens (tertiary/aromatic N) is 1. The van der Waals surface area contributed by atoms with Gasteiger partial charge in [-0.15, -0.1) is 0 Å². The van der Waals surface area contributed by atoms with Crippen molar-refractivity contribution in [1.82, 2.24) is 10.2 Å². The topological polar surface area (TPSA) is 66.5 Å². The van der Waals surface area contributed by atoms with Crippen LogP contribution in [0.15, 0.2) is 0 Å². The van der Waals surface area contributed by atoms with Crippen LogP contribution in [-0.2, 0) is 14.6 Å². The molecular formula is C12H24N2O3S. The van der Waals surface area contributed by atoms with Crippen molar-refractivity contribution in [3.8, 4) is 0 Å². The molecule has 0 aromatic carbocycles. The Bertz CT molecular complexity index is 392. The molecule has 1 heterocycles. The second-order valence-electron chi connectivity index (χ2n) is 5.33. The zero-order valence-corrected chi connectivity index (χ0v) is 12.5. The highest BCUT2D eigenvalue weighted by Gasteiger charge is 2.38. The number of rotatable bonds is 6. The van der Waals surface area contributed by atoms with Crippen molar-refractivity contribution in [1.29, 1.82) is 0 Å². The van der Waals surface area contributed by atoms with Crippen LogP contribution in [-0.4, -0.2) is 50.0 Å². The smallest absolute Gasteiger partial charge is 0.241 e. The predicted molar refractivity (Wildman–Crippen MR) is 71.9 cm³/mol. The fraction of sp³-hybridized carbons (Fsp3) is 0.917. The van der Waals surface area contributed by atoms with Gasteiger partial charge >= 0.3 is 0 Å². The Kier molecular flexibility index (Phi) is 5.16. The van der Waals surface area contributed by atoms with Crippen LogP contribution in [0.5, 0.6) is 0 Å². The lowest BCUT2D eigenvalue weighted by Crippen LogP contribution is -2.38. The lowest BCUT2D eigenvalue weighted by molar-refractivity contribution is -0.130. The van der Waals surface area contributed by atoms with Gasteiger partial charge in [0.05, 0.1) is 18.0 Å². The molecule has 0 aliphatic carbocycles. The SMILES string of the molecule is CCC1NC(C(C)C)C(=O)N1CCCS(C)(=O)=O. The maximum Gasteiger partial charge on any atom is 0.241 e. The monoisotopic (exact) mass is 276 g/mol. The van der Waals surface area contributed by atoms with Crippen molar-refractivity contribution in [2.24, 2.45) is 5.92 Å². The number of amides is 1. The average Bonchev–Trinajstić information content (AvgIpc) is 2.54. The Labute approximate surface area is 110 Å². The van der Waals surface area contributed by atoms with Gasteiger partial charge in [-0.3, -0.25) is 10.1 Å². The molecule has 0 spiro atoms. The standard InChI is InChI=1S/C12H24N2O3S/c1-5-10-13-11(9(2)3)12(15)14(10)7-6-8-18(4,16)17/h9-11,13H,5-8H2,1-4H3. The summed E-state index contributed by atoms with van der Waals surface area (Å²) in [6.45, 7) is 6.57. The molecule has 0 bridgehead atoms. The molecule has 1 amide bonds. The molecule has 1 aliphatic rings. The van der Waals surface area contributed by atoms with Crippen molar-refractivity contribution in [2.45, 2.75) is 45.8 Å². The molecule has 0 aromatic heterocycles. The van der Waals surface area contributed by atoms with E-state index in [4.69, 9.17) is 0 Å². The zero-order chi connectivity index (χ0) is 13.9. The fourth-order valence-electron chi connectivity index (χ4n) is 2.28. The summed E-state index contributed by atoms with van der Waals surface area (Å²) in [6.07, 6.45) is 2.62. The Morgan fingerprint density at radius 3 is 2.44 bits per heavy atom. The van der Waals surface area contributed by atoms with Gasteiger partial charge < -0.3 is 4.90 Å². The molecule has 106 valence electrons. The van der Waals surface area contributed by atoms with Gasteiger partial charge in [0.15, 0.2) is 0 Å². The maximum absolute atomic E-state index is 12.2. The highest BCUT2D eigenvalue weighted by molar-refractivity contribution is 7.90. The maximum atomic E-state index is 12.2. The summed E-state index contributed by atoms with van der Waals surface area (Å²) in [5.41, 5.74) is 0. The summed E-state index contributed by atoms with van der Waals surface area (Å²) in [4.78, 5) is 14.0. The first-order valence-corrected chi connectivity index (χ1v) is 8.56. The van der Waals surface area contributed by atoms with Crippen LogP contribution in [0.1, 0.15) is 33.6 Å². The van der Waals surface area contributed by atoms with E-state index in [1.807, 2.05) is 20.8 Å². The quantitative estimate of drug-likeness (QED) is 0.772. The molecule has 1 saturated heterocycles. The van der Waals surface area contributed by atoms with Gasteiger partial charge in [-0.05, 0) is 18.8 Å². The van der Waals surface area contributed by atoms with E-state index in [-0.39, 0.29) is 29.8 Å². The highest BCUT2D eigenvalue weighted by atomic mass is 32.2. The third-order valence-corrected chi connectivity index (χ3v) is 4.30. The average molecular weight is 276 g/mol. The largest absolute Gasteiger partial charge is 0.326 e. The predicted octanol–water partition coefficient (Wildman–Crippen LogP) is 0.614. The summed E-state index contributed by atoms with van der Waals surface area (Å²) in [5, 5.41) is 3.31. The van der Waals surface area contributed by atoms with Gasteiger partial charge in [0.1, 0.15) is 9.84 Å². The fourth-order valence-corrected chi connectivity index (χ4v) is 2.93. The summed E-state index contributed by atoms with van der Waals surface area (Å²) >= 11 is 0. The molecule has 6 heteroatoms. The van der Waals surface area contributed by atoms with Crippen LogP contribution in [0.3, 0.4) is 0 Å². The van der Waals surface area contributed by atoms with Gasteiger partial charge in [-0.25, -0.2) is 8.42 Å². The molecular weight excluding hydrogens is 252 g/mol. The van der Waals surface area contributed by atoms with E-state index in [2.05, 4.69) is 5.32 Å². The van der Waals surface area contributed by atoms with Crippen LogP contribution < -0.4 is 5.32 Å². The highest BCUT2D eigenvalue weighted by Crippen LogP contribution is 2.19. The number of carbonyl (C=O) groups excluding carboxylic acids is 1. The first-order chi connectivity index (χ1) is 8.26. The third-order valence-electron chi connectivity index (χ3n) is 3.26. The number of sulfone groups is 1. The minimum Gasteiger partial charge on any atom is -0.326 e. The molecule has 0 radical (unpaired) electrons. The number of hydrogen-bond acceptors (Lipinski definition) is 4. The number of hydrogen-bond donors (Lipinski definition) is 1. The molecule has 0 aromatic rings. The first kappa shape index (κ1) is 15.4. The molecule has 1 fully saturated rings. The summed E-state index contributed by atoms with van der Waals surface area (Å²) in [7, 11) is -2.95. The third kappa shape index (κ3) is 3.95. The van der Waals surface area contributed by atoms with Crippen molar-refractivity contribution >= 4 is 15.7 Å².